The van der Waals surface area contributed by atoms with E-state index in [-0.39, 0.29) is 17.7 Å². The first-order chi connectivity index (χ1) is 15.3. The van der Waals surface area contributed by atoms with Gasteiger partial charge in [0.1, 0.15) is 12.4 Å². The highest BCUT2D eigenvalue weighted by Gasteiger charge is 2.30. The van der Waals surface area contributed by atoms with Gasteiger partial charge in [0.2, 0.25) is 0 Å². The van der Waals surface area contributed by atoms with Crippen LogP contribution in [0.1, 0.15) is 21.5 Å². The first-order valence-corrected chi connectivity index (χ1v) is 9.72. The van der Waals surface area contributed by atoms with Gasteiger partial charge < -0.3 is 9.47 Å². The molecule has 4 rings (SSSR count). The van der Waals surface area contributed by atoms with Gasteiger partial charge in [-0.1, -0.05) is 30.3 Å². The number of hydrogen-bond donors (Lipinski definition) is 0. The number of pyridine rings is 1. The Morgan fingerprint density at radius 1 is 0.938 bits per heavy atom. The highest BCUT2D eigenvalue weighted by molar-refractivity contribution is 6.04. The van der Waals surface area contributed by atoms with Crippen LogP contribution >= 0.6 is 0 Å². The van der Waals surface area contributed by atoms with Crippen LogP contribution in [0.25, 0.3) is 22.2 Å². The molecular weight excluding hydrogens is 419 g/mol. The van der Waals surface area contributed by atoms with Gasteiger partial charge in [0.25, 0.3) is 0 Å². The molecule has 1 heterocycles. The molecule has 0 radical (unpaired) electrons. The topological polar surface area (TPSA) is 48.4 Å². The first-order valence-electron chi connectivity index (χ1n) is 9.72. The van der Waals surface area contributed by atoms with Crippen LogP contribution in [0.2, 0.25) is 0 Å². The number of benzene rings is 3. The number of methoxy groups -OCH3 is 1. The molecule has 4 nitrogen and oxygen atoms in total. The molecule has 0 fully saturated rings. The number of fused-ring (bicyclic) bond motifs is 1. The molecular formula is C25H18F3NO3. The fourth-order valence-corrected chi connectivity index (χ4v) is 3.32. The molecule has 0 spiro atoms. The third kappa shape index (κ3) is 4.56. The van der Waals surface area contributed by atoms with Crippen LogP contribution in [0.5, 0.6) is 5.75 Å². The van der Waals surface area contributed by atoms with Crippen molar-refractivity contribution in [2.75, 3.05) is 7.11 Å². The molecule has 7 heteroatoms. The summed E-state index contributed by atoms with van der Waals surface area (Å²) >= 11 is 0. The number of carbonyl (C=O) groups is 1. The number of para-hydroxylation sites is 1. The van der Waals surface area contributed by atoms with Gasteiger partial charge in [-0.2, -0.15) is 13.2 Å². The quantitative estimate of drug-likeness (QED) is 0.345. The molecule has 0 aliphatic rings. The molecule has 0 atom stereocenters. The van der Waals surface area contributed by atoms with Crippen LogP contribution in [0.4, 0.5) is 13.2 Å². The van der Waals surface area contributed by atoms with Crippen LogP contribution in [0, 0.1) is 0 Å². The van der Waals surface area contributed by atoms with Crippen molar-refractivity contribution in [1.29, 1.82) is 0 Å². The Balaban J connectivity index is 1.64. The molecule has 3 aromatic carbocycles. The van der Waals surface area contributed by atoms with Gasteiger partial charge in [-0.25, -0.2) is 9.78 Å². The number of halogens is 3. The second kappa shape index (κ2) is 8.70. The van der Waals surface area contributed by atoms with Crippen molar-refractivity contribution in [1.82, 2.24) is 4.98 Å². The van der Waals surface area contributed by atoms with Crippen LogP contribution < -0.4 is 4.74 Å². The largest absolute Gasteiger partial charge is 0.497 e. The molecule has 0 amide bonds. The summed E-state index contributed by atoms with van der Waals surface area (Å²) in [6.45, 7) is -0.280. The molecule has 0 bridgehead atoms. The lowest BCUT2D eigenvalue weighted by atomic mass is 10.0. The molecule has 32 heavy (non-hydrogen) atoms. The Morgan fingerprint density at radius 2 is 1.69 bits per heavy atom. The normalized spacial score (nSPS) is 11.4. The van der Waals surface area contributed by atoms with Crippen molar-refractivity contribution in [2.45, 2.75) is 12.8 Å². The zero-order valence-electron chi connectivity index (χ0n) is 17.0. The van der Waals surface area contributed by atoms with E-state index in [0.717, 1.165) is 17.7 Å². The lowest BCUT2D eigenvalue weighted by Crippen LogP contribution is -2.09. The van der Waals surface area contributed by atoms with Gasteiger partial charge in [-0.05, 0) is 54.1 Å². The van der Waals surface area contributed by atoms with Gasteiger partial charge in [-0.3, -0.25) is 0 Å². The van der Waals surface area contributed by atoms with Crippen LogP contribution in [0.3, 0.4) is 0 Å². The fraction of sp³-hybridized carbons (Fsp3) is 0.120. The number of carbonyl (C=O) groups excluding carboxylic acids is 1. The monoisotopic (exact) mass is 437 g/mol. The predicted octanol–water partition coefficient (Wildman–Crippen LogP) is 6.29. The fourth-order valence-electron chi connectivity index (χ4n) is 3.32. The average Bonchev–Trinajstić information content (AvgIpc) is 2.81. The van der Waals surface area contributed by atoms with E-state index in [1.54, 1.807) is 43.5 Å². The minimum Gasteiger partial charge on any atom is -0.497 e. The molecule has 0 unspecified atom stereocenters. The summed E-state index contributed by atoms with van der Waals surface area (Å²) in [5.74, 6) is 0.0473. The van der Waals surface area contributed by atoms with Crippen molar-refractivity contribution in [2.24, 2.45) is 0 Å². The molecule has 0 aliphatic heterocycles. The Labute approximate surface area is 182 Å². The third-order valence-electron chi connectivity index (χ3n) is 4.95. The van der Waals surface area contributed by atoms with Crippen LogP contribution in [-0.4, -0.2) is 18.1 Å². The molecule has 0 aliphatic carbocycles. The van der Waals surface area contributed by atoms with Gasteiger partial charge in [0.15, 0.2) is 0 Å². The maximum atomic E-state index is 12.9. The van der Waals surface area contributed by atoms with E-state index in [0.29, 0.717) is 22.3 Å². The molecule has 1 aromatic heterocycles. The molecule has 4 aromatic rings. The van der Waals surface area contributed by atoms with Gasteiger partial charge in [-0.15, -0.1) is 0 Å². The summed E-state index contributed by atoms with van der Waals surface area (Å²) in [4.78, 5) is 17.5. The summed E-state index contributed by atoms with van der Waals surface area (Å²) in [6, 6.07) is 20.7. The SMILES string of the molecule is COc1ccc(-c2cc(C(=O)OCc3cccc(C(F)(F)F)c3)c3ccccc3n2)cc1. The van der Waals surface area contributed by atoms with E-state index in [2.05, 4.69) is 4.98 Å². The average molecular weight is 437 g/mol. The van der Waals surface area contributed by atoms with E-state index < -0.39 is 17.7 Å². The van der Waals surface area contributed by atoms with Crippen molar-refractivity contribution >= 4 is 16.9 Å². The van der Waals surface area contributed by atoms with E-state index in [9.17, 15) is 18.0 Å². The summed E-state index contributed by atoms with van der Waals surface area (Å²) in [5, 5.41) is 0.596. The van der Waals surface area contributed by atoms with E-state index in [4.69, 9.17) is 9.47 Å². The number of rotatable bonds is 5. The van der Waals surface area contributed by atoms with Crippen LogP contribution in [-0.2, 0) is 17.5 Å². The number of esters is 1. The van der Waals surface area contributed by atoms with Crippen molar-refractivity contribution in [3.05, 3.63) is 95.6 Å². The number of alkyl halides is 3. The minimum atomic E-state index is -4.46. The van der Waals surface area contributed by atoms with Crippen LogP contribution in [0.15, 0.2) is 78.9 Å². The molecule has 0 saturated carbocycles. The van der Waals surface area contributed by atoms with Crippen molar-refractivity contribution in [3.63, 3.8) is 0 Å². The Hall–Kier alpha value is -3.87. The molecule has 0 N–H and O–H groups in total. The summed E-state index contributed by atoms with van der Waals surface area (Å²) < 4.78 is 49.3. The maximum Gasteiger partial charge on any atom is 0.416 e. The Morgan fingerprint density at radius 3 is 2.41 bits per heavy atom. The smallest absolute Gasteiger partial charge is 0.416 e. The van der Waals surface area contributed by atoms with Crippen molar-refractivity contribution in [3.8, 4) is 17.0 Å². The summed E-state index contributed by atoms with van der Waals surface area (Å²) in [5.41, 5.74) is 1.70. The van der Waals surface area contributed by atoms with E-state index >= 15 is 0 Å². The van der Waals surface area contributed by atoms with Crippen molar-refractivity contribution < 1.29 is 27.4 Å². The summed E-state index contributed by atoms with van der Waals surface area (Å²) in [6.07, 6.45) is -4.46. The lowest BCUT2D eigenvalue weighted by molar-refractivity contribution is -0.137. The summed E-state index contributed by atoms with van der Waals surface area (Å²) in [7, 11) is 1.57. The van der Waals surface area contributed by atoms with Gasteiger partial charge >= 0.3 is 12.1 Å². The second-order valence-electron chi connectivity index (χ2n) is 7.07. The standard InChI is InChI=1S/C25H18F3NO3/c1-31-19-11-9-17(10-12-19)23-14-21(20-7-2-3-8-22(20)29-23)24(30)32-15-16-5-4-6-18(13-16)25(26,27)28/h2-14H,15H2,1H3. The van der Waals surface area contributed by atoms with Gasteiger partial charge in [0, 0.05) is 10.9 Å². The highest BCUT2D eigenvalue weighted by atomic mass is 19.4. The second-order valence-corrected chi connectivity index (χ2v) is 7.07. The molecule has 162 valence electrons. The number of ether oxygens (including phenoxy) is 2. The zero-order chi connectivity index (χ0) is 22.7. The zero-order valence-corrected chi connectivity index (χ0v) is 17.0. The lowest BCUT2D eigenvalue weighted by Gasteiger charge is -2.12. The molecule has 0 saturated heterocycles. The Kier molecular flexibility index (Phi) is 5.81. The Bertz CT molecular complexity index is 1270. The minimum absolute atomic E-state index is 0.252. The number of nitrogens with zero attached hydrogens (tertiary/aromatic N) is 1. The van der Waals surface area contributed by atoms with Gasteiger partial charge in [0.05, 0.1) is 29.4 Å². The predicted molar refractivity (Wildman–Crippen MR) is 114 cm³/mol. The third-order valence-corrected chi connectivity index (χ3v) is 4.95. The number of hydrogen-bond acceptors (Lipinski definition) is 4. The van der Waals surface area contributed by atoms with E-state index in [1.165, 1.54) is 12.1 Å². The van der Waals surface area contributed by atoms with E-state index in [1.807, 2.05) is 18.2 Å². The maximum absolute atomic E-state index is 12.9. The highest BCUT2D eigenvalue weighted by Crippen LogP contribution is 2.30. The first kappa shape index (κ1) is 21.4. The number of aromatic nitrogens is 1.